The van der Waals surface area contributed by atoms with Crippen LogP contribution in [-0.2, 0) is 10.0 Å². The molecule has 2 N–H and O–H groups in total. The van der Waals surface area contributed by atoms with E-state index < -0.39 is 10.0 Å². The maximum absolute atomic E-state index is 12.9. The summed E-state index contributed by atoms with van der Waals surface area (Å²) in [7, 11) is -3.57. The third kappa shape index (κ3) is 3.21. The molecular formula is C15H19ClN2O2S. The second-order valence-electron chi connectivity index (χ2n) is 4.78. The lowest BCUT2D eigenvalue weighted by atomic mass is 10.1. The molecule has 2 rings (SSSR count). The predicted octanol–water partition coefficient (Wildman–Crippen LogP) is 2.85. The van der Waals surface area contributed by atoms with Crippen LogP contribution in [0.2, 0.25) is 5.02 Å². The van der Waals surface area contributed by atoms with Gasteiger partial charge in [0.05, 0.1) is 4.90 Å². The van der Waals surface area contributed by atoms with Crippen molar-refractivity contribution in [1.82, 2.24) is 4.31 Å². The molecule has 0 heterocycles. The van der Waals surface area contributed by atoms with Crippen LogP contribution in [0.15, 0.2) is 41.3 Å². The van der Waals surface area contributed by atoms with E-state index in [1.165, 1.54) is 4.31 Å². The van der Waals surface area contributed by atoms with Crippen LogP contribution in [0.1, 0.15) is 13.3 Å². The summed E-state index contributed by atoms with van der Waals surface area (Å²) in [5.74, 6) is 0. The molecule has 0 amide bonds. The SMILES string of the molecule is CCCN(CCN)S(=O)(=O)c1cccc2c(Cl)cccc12. The van der Waals surface area contributed by atoms with E-state index in [9.17, 15) is 8.42 Å². The van der Waals surface area contributed by atoms with E-state index in [2.05, 4.69) is 0 Å². The number of halogens is 1. The molecule has 2 aromatic rings. The molecule has 0 aromatic heterocycles. The van der Waals surface area contributed by atoms with Crippen molar-refractivity contribution in [3.63, 3.8) is 0 Å². The Labute approximate surface area is 130 Å². The van der Waals surface area contributed by atoms with Crippen LogP contribution in [0.3, 0.4) is 0 Å². The van der Waals surface area contributed by atoms with Crippen molar-refractivity contribution in [3.8, 4) is 0 Å². The molecule has 2 aromatic carbocycles. The normalized spacial score (nSPS) is 12.2. The zero-order valence-electron chi connectivity index (χ0n) is 11.9. The van der Waals surface area contributed by atoms with Gasteiger partial charge >= 0.3 is 0 Å². The largest absolute Gasteiger partial charge is 0.329 e. The van der Waals surface area contributed by atoms with E-state index in [0.29, 0.717) is 30.0 Å². The van der Waals surface area contributed by atoms with Crippen LogP contribution in [0.5, 0.6) is 0 Å². The Morgan fingerprint density at radius 1 is 1.10 bits per heavy atom. The molecule has 0 spiro atoms. The average Bonchev–Trinajstić information content (AvgIpc) is 2.47. The van der Waals surface area contributed by atoms with Gasteiger partial charge in [-0.1, -0.05) is 42.8 Å². The summed E-state index contributed by atoms with van der Waals surface area (Å²) in [6, 6.07) is 10.5. The Morgan fingerprint density at radius 3 is 2.43 bits per heavy atom. The number of hydrogen-bond donors (Lipinski definition) is 1. The second-order valence-corrected chi connectivity index (χ2v) is 7.10. The van der Waals surface area contributed by atoms with Crippen LogP contribution in [-0.4, -0.2) is 32.4 Å². The fourth-order valence-electron chi connectivity index (χ4n) is 2.35. The second kappa shape index (κ2) is 6.75. The molecule has 0 aliphatic carbocycles. The number of nitrogens with zero attached hydrogens (tertiary/aromatic N) is 1. The minimum Gasteiger partial charge on any atom is -0.329 e. The van der Waals surface area contributed by atoms with E-state index in [1.807, 2.05) is 13.0 Å². The van der Waals surface area contributed by atoms with Gasteiger partial charge in [0.25, 0.3) is 0 Å². The zero-order valence-corrected chi connectivity index (χ0v) is 13.5. The molecule has 0 radical (unpaired) electrons. The highest BCUT2D eigenvalue weighted by Crippen LogP contribution is 2.30. The van der Waals surface area contributed by atoms with Gasteiger partial charge in [-0.25, -0.2) is 8.42 Å². The standard InChI is InChI=1S/C15H19ClN2O2S/c1-2-10-18(11-9-17)21(19,20)15-8-4-5-12-13(15)6-3-7-14(12)16/h3-8H,2,9-11,17H2,1H3. The summed E-state index contributed by atoms with van der Waals surface area (Å²) < 4.78 is 27.2. The molecule has 0 fully saturated rings. The Balaban J connectivity index is 2.61. The van der Waals surface area contributed by atoms with Crippen molar-refractivity contribution in [2.24, 2.45) is 5.73 Å². The Hall–Kier alpha value is -1.14. The highest BCUT2D eigenvalue weighted by Gasteiger charge is 2.25. The fraction of sp³-hybridized carbons (Fsp3) is 0.333. The zero-order chi connectivity index (χ0) is 15.5. The smallest absolute Gasteiger partial charge is 0.243 e. The molecule has 6 heteroatoms. The molecule has 0 saturated carbocycles. The van der Waals surface area contributed by atoms with Crippen LogP contribution in [0, 0.1) is 0 Å². The molecular weight excluding hydrogens is 308 g/mol. The molecule has 0 atom stereocenters. The summed E-state index contributed by atoms with van der Waals surface area (Å²) in [4.78, 5) is 0.282. The molecule has 114 valence electrons. The van der Waals surface area contributed by atoms with E-state index >= 15 is 0 Å². The molecule has 4 nitrogen and oxygen atoms in total. The van der Waals surface area contributed by atoms with Gasteiger partial charge in [-0.15, -0.1) is 0 Å². The first-order valence-corrected chi connectivity index (χ1v) is 8.71. The number of benzene rings is 2. The van der Waals surface area contributed by atoms with Gasteiger partial charge in [0.2, 0.25) is 10.0 Å². The summed E-state index contributed by atoms with van der Waals surface area (Å²) in [5, 5.41) is 1.93. The van der Waals surface area contributed by atoms with Crippen molar-refractivity contribution in [2.75, 3.05) is 19.6 Å². The first kappa shape index (κ1) is 16.2. The van der Waals surface area contributed by atoms with Gasteiger partial charge in [-0.2, -0.15) is 4.31 Å². The maximum atomic E-state index is 12.9. The topological polar surface area (TPSA) is 63.4 Å². The van der Waals surface area contributed by atoms with E-state index in [0.717, 1.165) is 11.8 Å². The lowest BCUT2D eigenvalue weighted by Gasteiger charge is -2.22. The summed E-state index contributed by atoms with van der Waals surface area (Å²) in [6.45, 7) is 3.01. The van der Waals surface area contributed by atoms with E-state index in [1.54, 1.807) is 30.3 Å². The van der Waals surface area contributed by atoms with Crippen molar-refractivity contribution in [1.29, 1.82) is 0 Å². The molecule has 21 heavy (non-hydrogen) atoms. The first-order chi connectivity index (χ1) is 10.0. The van der Waals surface area contributed by atoms with E-state index in [4.69, 9.17) is 17.3 Å². The third-order valence-electron chi connectivity index (χ3n) is 3.30. The van der Waals surface area contributed by atoms with Crippen LogP contribution >= 0.6 is 11.6 Å². The first-order valence-electron chi connectivity index (χ1n) is 6.89. The highest BCUT2D eigenvalue weighted by molar-refractivity contribution is 7.89. The van der Waals surface area contributed by atoms with Gasteiger partial charge < -0.3 is 5.73 Å². The van der Waals surface area contributed by atoms with Gasteiger partial charge in [-0.3, -0.25) is 0 Å². The van der Waals surface area contributed by atoms with Crippen LogP contribution in [0.25, 0.3) is 10.8 Å². The quantitative estimate of drug-likeness (QED) is 0.887. The van der Waals surface area contributed by atoms with Gasteiger partial charge in [0, 0.05) is 35.4 Å². The van der Waals surface area contributed by atoms with Crippen LogP contribution in [0.4, 0.5) is 0 Å². The lowest BCUT2D eigenvalue weighted by Crippen LogP contribution is -2.36. The number of rotatable bonds is 6. The number of fused-ring (bicyclic) bond motifs is 1. The highest BCUT2D eigenvalue weighted by atomic mass is 35.5. The Morgan fingerprint density at radius 2 is 1.76 bits per heavy atom. The summed E-state index contributed by atoms with van der Waals surface area (Å²) in [6.07, 6.45) is 0.741. The Kier molecular flexibility index (Phi) is 5.22. The summed E-state index contributed by atoms with van der Waals surface area (Å²) >= 11 is 6.15. The van der Waals surface area contributed by atoms with Crippen molar-refractivity contribution < 1.29 is 8.42 Å². The monoisotopic (exact) mass is 326 g/mol. The number of nitrogens with two attached hydrogens (primary N) is 1. The number of sulfonamides is 1. The van der Waals surface area contributed by atoms with Gasteiger partial charge in [0.1, 0.15) is 0 Å². The average molecular weight is 327 g/mol. The molecule has 0 bridgehead atoms. The molecule has 0 saturated heterocycles. The maximum Gasteiger partial charge on any atom is 0.243 e. The van der Waals surface area contributed by atoms with E-state index in [-0.39, 0.29) is 4.90 Å². The van der Waals surface area contributed by atoms with Gasteiger partial charge in [0.15, 0.2) is 0 Å². The van der Waals surface area contributed by atoms with Crippen LogP contribution < -0.4 is 5.73 Å². The lowest BCUT2D eigenvalue weighted by molar-refractivity contribution is 0.418. The van der Waals surface area contributed by atoms with Gasteiger partial charge in [-0.05, 0) is 18.6 Å². The molecule has 0 aliphatic rings. The minimum absolute atomic E-state index is 0.282. The van der Waals surface area contributed by atoms with Crippen molar-refractivity contribution in [3.05, 3.63) is 41.4 Å². The van der Waals surface area contributed by atoms with Crippen molar-refractivity contribution >= 4 is 32.4 Å². The number of hydrogen-bond acceptors (Lipinski definition) is 3. The Bertz CT molecular complexity index is 726. The minimum atomic E-state index is -3.57. The molecule has 0 unspecified atom stereocenters. The summed E-state index contributed by atoms with van der Waals surface area (Å²) in [5.41, 5.74) is 5.54. The molecule has 0 aliphatic heterocycles. The fourth-order valence-corrected chi connectivity index (χ4v) is 4.34. The third-order valence-corrected chi connectivity index (χ3v) is 5.58. The predicted molar refractivity (Wildman–Crippen MR) is 87.1 cm³/mol. The van der Waals surface area contributed by atoms with Crippen molar-refractivity contribution in [2.45, 2.75) is 18.2 Å².